The SMILES string of the molecule is NC1=[NH+][C@H]2[C@H](CN3C(=O)CCC3=O)NC(N)=[N+]3CC(NC(=O)c4cccc5c4OCO5)C(O)(O)[C@]23N1. The highest BCUT2D eigenvalue weighted by Crippen LogP contribution is 2.39. The highest BCUT2D eigenvalue weighted by molar-refractivity contribution is 6.02. The Hall–Kier alpha value is -4.11. The standard InChI is InChI=1S/C21H24N8O7/c22-18-26-16-10(6-28-13(30)4-5-14(28)31)24-19(23)29-7-12(21(33,34)20(16,29)27-18)25-17(32)9-2-1-3-11-15(9)36-8-35-11/h1-3,10,12,16,33-34H,4-8H2,(H6,22,23,24,25,26,27,32)/p+2/t10-,12?,16-,20-/m0/s1. The van der Waals surface area contributed by atoms with Crippen LogP contribution in [0.1, 0.15) is 23.2 Å². The second kappa shape index (κ2) is 7.44. The van der Waals surface area contributed by atoms with E-state index in [9.17, 15) is 24.6 Å². The Morgan fingerprint density at radius 3 is 2.75 bits per heavy atom. The number of nitrogens with two attached hydrogens (primary N) is 2. The van der Waals surface area contributed by atoms with Gasteiger partial charge in [0, 0.05) is 12.8 Å². The number of benzene rings is 1. The smallest absolute Gasteiger partial charge is 0.347 e. The lowest BCUT2D eigenvalue weighted by Gasteiger charge is -2.41. The first-order chi connectivity index (χ1) is 17.1. The molecule has 1 aromatic carbocycles. The fraction of sp³-hybridized carbons (Fsp3) is 0.476. The minimum Gasteiger partial charge on any atom is -0.454 e. The summed E-state index contributed by atoms with van der Waals surface area (Å²) in [5, 5.41) is 31.7. The Kier molecular flexibility index (Phi) is 4.62. The molecule has 1 aromatic rings. The molecule has 6 rings (SSSR count). The molecule has 1 spiro atoms. The molecular formula is C21H26N8O7+2. The molecule has 2 fully saturated rings. The van der Waals surface area contributed by atoms with Crippen molar-refractivity contribution < 1.29 is 43.6 Å². The first kappa shape index (κ1) is 22.4. The van der Waals surface area contributed by atoms with Crippen LogP contribution >= 0.6 is 0 Å². The number of hydrogen-bond donors (Lipinski definition) is 8. The van der Waals surface area contributed by atoms with Gasteiger partial charge in [-0.2, -0.15) is 0 Å². The van der Waals surface area contributed by atoms with Crippen LogP contribution in [0.4, 0.5) is 0 Å². The van der Waals surface area contributed by atoms with E-state index in [1.807, 2.05) is 0 Å². The third kappa shape index (κ3) is 2.89. The van der Waals surface area contributed by atoms with Gasteiger partial charge in [-0.25, -0.2) is 9.89 Å². The average Bonchev–Trinajstić information content (AvgIpc) is 3.57. The van der Waals surface area contributed by atoms with E-state index in [2.05, 4.69) is 20.9 Å². The lowest BCUT2D eigenvalue weighted by Crippen LogP contribution is -2.92. The molecule has 0 aromatic heterocycles. The number of imide groups is 1. The molecule has 2 saturated heterocycles. The predicted molar refractivity (Wildman–Crippen MR) is 118 cm³/mol. The number of carbonyl (C=O) groups excluding carboxylic acids is 3. The maximum absolute atomic E-state index is 13.2. The van der Waals surface area contributed by atoms with Gasteiger partial charge in [0.25, 0.3) is 17.4 Å². The average molecular weight is 502 g/mol. The van der Waals surface area contributed by atoms with Crippen LogP contribution in [0.5, 0.6) is 11.5 Å². The second-order valence-corrected chi connectivity index (χ2v) is 9.36. The van der Waals surface area contributed by atoms with Crippen LogP contribution in [0, 0.1) is 0 Å². The number of fused-ring (bicyclic) bond motifs is 1. The van der Waals surface area contributed by atoms with Crippen LogP contribution in [-0.4, -0.2) is 98.8 Å². The molecule has 0 bridgehead atoms. The molecule has 0 saturated carbocycles. The molecule has 5 aliphatic heterocycles. The zero-order valence-electron chi connectivity index (χ0n) is 19.0. The summed E-state index contributed by atoms with van der Waals surface area (Å²) in [5.41, 5.74) is 10.8. The summed E-state index contributed by atoms with van der Waals surface area (Å²) in [6, 6.07) is 1.99. The van der Waals surface area contributed by atoms with E-state index in [-0.39, 0.29) is 67.8 Å². The number of ether oxygens (including phenoxy) is 2. The number of nitrogens with zero attached hydrogens (tertiary/aromatic N) is 2. The zero-order valence-corrected chi connectivity index (χ0v) is 19.0. The van der Waals surface area contributed by atoms with Crippen molar-refractivity contribution in [1.82, 2.24) is 20.9 Å². The van der Waals surface area contributed by atoms with Crippen LogP contribution < -0.4 is 41.9 Å². The van der Waals surface area contributed by atoms with Gasteiger partial charge in [-0.1, -0.05) is 6.07 Å². The number of nitrogens with one attached hydrogen (secondary N) is 4. The molecule has 4 atom stereocenters. The zero-order chi connectivity index (χ0) is 25.4. The Labute approximate surface area is 203 Å². The van der Waals surface area contributed by atoms with E-state index in [1.165, 1.54) is 10.6 Å². The predicted octanol–water partition coefficient (Wildman–Crippen LogP) is -6.28. The number of likely N-dealkylation sites (tertiary alicyclic amines) is 1. The molecule has 0 aliphatic carbocycles. The van der Waals surface area contributed by atoms with Gasteiger partial charge < -0.3 is 25.0 Å². The quantitative estimate of drug-likeness (QED) is 0.110. The van der Waals surface area contributed by atoms with Crippen molar-refractivity contribution in [3.05, 3.63) is 23.8 Å². The molecule has 1 unspecified atom stereocenters. The molecule has 5 heterocycles. The molecule has 5 aliphatic rings. The summed E-state index contributed by atoms with van der Waals surface area (Å²) in [6.45, 7) is -0.200. The summed E-state index contributed by atoms with van der Waals surface area (Å²) in [7, 11) is 0. The van der Waals surface area contributed by atoms with E-state index < -0.39 is 35.5 Å². The summed E-state index contributed by atoms with van der Waals surface area (Å²) in [4.78, 5) is 41.7. The molecule has 0 radical (unpaired) electrons. The van der Waals surface area contributed by atoms with Gasteiger partial charge in [0.1, 0.15) is 12.1 Å². The van der Waals surface area contributed by atoms with Crippen LogP contribution in [0.15, 0.2) is 18.2 Å². The van der Waals surface area contributed by atoms with Crippen molar-refractivity contribution in [3.8, 4) is 11.5 Å². The van der Waals surface area contributed by atoms with Gasteiger partial charge in [-0.3, -0.25) is 41.1 Å². The molecule has 190 valence electrons. The molecule has 15 heteroatoms. The lowest BCUT2D eigenvalue weighted by atomic mass is 9.85. The topological polar surface area (TPSA) is 218 Å². The van der Waals surface area contributed by atoms with E-state index >= 15 is 0 Å². The summed E-state index contributed by atoms with van der Waals surface area (Å²) >= 11 is 0. The van der Waals surface area contributed by atoms with Crippen LogP contribution in [0.3, 0.4) is 0 Å². The lowest BCUT2D eigenvalue weighted by molar-refractivity contribution is -0.674. The largest absolute Gasteiger partial charge is 0.454 e. The maximum atomic E-state index is 13.2. The van der Waals surface area contributed by atoms with Gasteiger partial charge in [0.2, 0.25) is 18.6 Å². The number of aliphatic hydroxyl groups is 2. The van der Waals surface area contributed by atoms with E-state index in [1.54, 1.807) is 12.1 Å². The van der Waals surface area contributed by atoms with Crippen molar-refractivity contribution >= 4 is 29.6 Å². The number of amides is 3. The normalized spacial score (nSPS) is 31.6. The maximum Gasteiger partial charge on any atom is 0.347 e. The Morgan fingerprint density at radius 2 is 2.00 bits per heavy atom. The van der Waals surface area contributed by atoms with Crippen molar-refractivity contribution in [2.45, 2.75) is 42.4 Å². The van der Waals surface area contributed by atoms with Crippen LogP contribution in [0.2, 0.25) is 0 Å². The highest BCUT2D eigenvalue weighted by atomic mass is 16.7. The number of carbonyl (C=O) groups is 3. The third-order valence-electron chi connectivity index (χ3n) is 7.43. The summed E-state index contributed by atoms with van der Waals surface area (Å²) < 4.78 is 12.2. The van der Waals surface area contributed by atoms with Gasteiger partial charge in [-0.05, 0) is 12.1 Å². The Morgan fingerprint density at radius 1 is 1.25 bits per heavy atom. The molecule has 10 N–H and O–H groups in total. The van der Waals surface area contributed by atoms with E-state index in [0.29, 0.717) is 5.75 Å². The van der Waals surface area contributed by atoms with Gasteiger partial charge in [0.05, 0.1) is 18.7 Å². The summed E-state index contributed by atoms with van der Waals surface area (Å²) in [6.07, 6.45) is 0.227. The van der Waals surface area contributed by atoms with E-state index in [4.69, 9.17) is 20.9 Å². The number of rotatable bonds is 4. The first-order valence-electron chi connectivity index (χ1n) is 11.4. The van der Waals surface area contributed by atoms with Crippen LogP contribution in [0.25, 0.3) is 0 Å². The van der Waals surface area contributed by atoms with Crippen molar-refractivity contribution in [2.75, 3.05) is 19.9 Å². The number of guanidine groups is 2. The van der Waals surface area contributed by atoms with Gasteiger partial charge in [-0.15, -0.1) is 0 Å². The Balaban J connectivity index is 1.33. The van der Waals surface area contributed by atoms with Crippen LogP contribution in [-0.2, 0) is 9.59 Å². The molecule has 15 nitrogen and oxygen atoms in total. The number of hydrogen-bond acceptors (Lipinski definition) is 11. The second-order valence-electron chi connectivity index (χ2n) is 9.36. The highest BCUT2D eigenvalue weighted by Gasteiger charge is 2.78. The minimum atomic E-state index is -2.61. The van der Waals surface area contributed by atoms with Gasteiger partial charge >= 0.3 is 11.9 Å². The monoisotopic (exact) mass is 502 g/mol. The molecule has 36 heavy (non-hydrogen) atoms. The van der Waals surface area contributed by atoms with Crippen molar-refractivity contribution in [3.63, 3.8) is 0 Å². The fourth-order valence-electron chi connectivity index (χ4n) is 5.76. The van der Waals surface area contributed by atoms with Crippen molar-refractivity contribution in [1.29, 1.82) is 0 Å². The van der Waals surface area contributed by atoms with Crippen molar-refractivity contribution in [2.24, 2.45) is 11.5 Å². The first-order valence-corrected chi connectivity index (χ1v) is 11.4. The summed E-state index contributed by atoms with van der Waals surface area (Å²) in [5.74, 6) is -3.10. The molecule has 3 amide bonds. The molecular weight excluding hydrogens is 476 g/mol. The number of para-hydroxylation sites is 1. The fourth-order valence-corrected chi connectivity index (χ4v) is 5.76. The Bertz CT molecular complexity index is 1250. The van der Waals surface area contributed by atoms with Gasteiger partial charge in [0.15, 0.2) is 17.5 Å². The minimum absolute atomic E-state index is 0.0309. The third-order valence-corrected chi connectivity index (χ3v) is 7.43. The van der Waals surface area contributed by atoms with E-state index in [0.717, 1.165) is 4.90 Å².